The monoisotopic (exact) mass is 293 g/mol. The van der Waals surface area contributed by atoms with Gasteiger partial charge in [0.15, 0.2) is 0 Å². The summed E-state index contributed by atoms with van der Waals surface area (Å²) < 4.78 is 5.47. The van der Waals surface area contributed by atoms with E-state index in [1.54, 1.807) is 12.1 Å². The van der Waals surface area contributed by atoms with Gasteiger partial charge in [0.2, 0.25) is 0 Å². The van der Waals surface area contributed by atoms with E-state index >= 15 is 0 Å². The Balaban J connectivity index is 2.74. The summed E-state index contributed by atoms with van der Waals surface area (Å²) in [4.78, 5) is 12.3. The first-order valence-electron chi connectivity index (χ1n) is 7.47. The van der Waals surface area contributed by atoms with Gasteiger partial charge in [-0.25, -0.2) is 0 Å². The van der Waals surface area contributed by atoms with Crippen LogP contribution in [0.15, 0.2) is 24.3 Å². The van der Waals surface area contributed by atoms with Crippen molar-refractivity contribution in [2.75, 3.05) is 13.2 Å². The van der Waals surface area contributed by atoms with Crippen LogP contribution in [-0.4, -0.2) is 30.3 Å². The molecule has 0 aliphatic carbocycles. The van der Waals surface area contributed by atoms with Gasteiger partial charge in [-0.1, -0.05) is 39.8 Å². The fraction of sp³-hybridized carbons (Fsp3) is 0.588. The average Bonchev–Trinajstić information content (AvgIpc) is 2.45. The van der Waals surface area contributed by atoms with Crippen molar-refractivity contribution in [2.24, 2.45) is 11.3 Å². The molecule has 1 unspecified atom stereocenters. The normalized spacial score (nSPS) is 13.1. The van der Waals surface area contributed by atoms with E-state index in [1.165, 1.54) is 0 Å². The number of hydrogen-bond donors (Lipinski definition) is 2. The first kappa shape index (κ1) is 17.5. The molecule has 0 heterocycles. The summed E-state index contributed by atoms with van der Waals surface area (Å²) in [5.41, 5.74) is 0.138. The SMILES string of the molecule is CCOc1ccccc1C(=O)NCC(C)(C)C(O)C(C)C. The number of nitrogens with one attached hydrogen (secondary N) is 1. The number of ether oxygens (including phenoxy) is 1. The minimum atomic E-state index is -0.472. The highest BCUT2D eigenvalue weighted by Gasteiger charge is 2.30. The third kappa shape index (κ3) is 4.74. The number of hydrogen-bond acceptors (Lipinski definition) is 3. The molecule has 0 saturated heterocycles. The fourth-order valence-electron chi connectivity index (χ4n) is 2.35. The van der Waals surface area contributed by atoms with Gasteiger partial charge in [0, 0.05) is 12.0 Å². The van der Waals surface area contributed by atoms with E-state index in [4.69, 9.17) is 4.74 Å². The number of amides is 1. The van der Waals surface area contributed by atoms with E-state index < -0.39 is 6.10 Å². The Labute approximate surface area is 127 Å². The van der Waals surface area contributed by atoms with Crippen LogP contribution in [0.3, 0.4) is 0 Å². The molecule has 0 aliphatic rings. The molecule has 1 rings (SSSR count). The van der Waals surface area contributed by atoms with Crippen molar-refractivity contribution in [1.29, 1.82) is 0 Å². The highest BCUT2D eigenvalue weighted by atomic mass is 16.5. The number of carbonyl (C=O) groups is 1. The van der Waals surface area contributed by atoms with Gasteiger partial charge in [-0.05, 0) is 25.0 Å². The van der Waals surface area contributed by atoms with Gasteiger partial charge >= 0.3 is 0 Å². The van der Waals surface area contributed by atoms with Crippen molar-refractivity contribution >= 4 is 5.91 Å². The van der Waals surface area contributed by atoms with Crippen molar-refractivity contribution in [3.8, 4) is 5.75 Å². The number of para-hydroxylation sites is 1. The van der Waals surface area contributed by atoms with Crippen molar-refractivity contribution in [2.45, 2.75) is 40.7 Å². The molecule has 0 aromatic heterocycles. The summed E-state index contributed by atoms with van der Waals surface area (Å²) in [5.74, 6) is 0.551. The molecule has 21 heavy (non-hydrogen) atoms. The first-order chi connectivity index (χ1) is 9.79. The Bertz CT molecular complexity index is 469. The molecule has 1 atom stereocenters. The summed E-state index contributed by atoms with van der Waals surface area (Å²) in [7, 11) is 0. The van der Waals surface area contributed by atoms with E-state index in [-0.39, 0.29) is 17.2 Å². The minimum Gasteiger partial charge on any atom is -0.493 e. The lowest BCUT2D eigenvalue weighted by molar-refractivity contribution is 0.0138. The van der Waals surface area contributed by atoms with Gasteiger partial charge in [-0.2, -0.15) is 0 Å². The first-order valence-corrected chi connectivity index (χ1v) is 7.47. The lowest BCUT2D eigenvalue weighted by Gasteiger charge is -2.33. The largest absolute Gasteiger partial charge is 0.493 e. The standard InChI is InChI=1S/C17H27NO3/c1-6-21-14-10-8-7-9-13(14)16(20)18-11-17(4,5)15(19)12(2)3/h7-10,12,15,19H,6,11H2,1-5H3,(H,18,20). The van der Waals surface area contributed by atoms with Crippen molar-refractivity contribution in [3.63, 3.8) is 0 Å². The third-order valence-corrected chi connectivity index (χ3v) is 3.57. The molecule has 118 valence electrons. The third-order valence-electron chi connectivity index (χ3n) is 3.57. The summed E-state index contributed by atoms with van der Waals surface area (Å²) in [6.07, 6.45) is -0.472. The van der Waals surface area contributed by atoms with E-state index in [0.717, 1.165) is 0 Å². The maximum Gasteiger partial charge on any atom is 0.255 e. The molecule has 1 aromatic carbocycles. The summed E-state index contributed by atoms with van der Waals surface area (Å²) >= 11 is 0. The van der Waals surface area contributed by atoms with Gasteiger partial charge < -0.3 is 15.2 Å². The molecule has 4 heteroatoms. The maximum absolute atomic E-state index is 12.3. The van der Waals surface area contributed by atoms with Crippen molar-refractivity contribution in [1.82, 2.24) is 5.32 Å². The van der Waals surface area contributed by atoms with Crippen LogP contribution in [0.25, 0.3) is 0 Å². The zero-order valence-corrected chi connectivity index (χ0v) is 13.6. The van der Waals surface area contributed by atoms with Crippen LogP contribution < -0.4 is 10.1 Å². The zero-order chi connectivity index (χ0) is 16.0. The number of rotatable bonds is 7. The van der Waals surface area contributed by atoms with Gasteiger partial charge in [0.1, 0.15) is 5.75 Å². The summed E-state index contributed by atoms with van der Waals surface area (Å²) in [6.45, 7) is 10.7. The molecular weight excluding hydrogens is 266 g/mol. The van der Waals surface area contributed by atoms with Gasteiger partial charge in [-0.3, -0.25) is 4.79 Å². The Kier molecular flexibility index (Phi) is 6.21. The van der Waals surface area contributed by atoms with Crippen LogP contribution >= 0.6 is 0 Å². The molecule has 1 aromatic rings. The molecule has 0 fully saturated rings. The molecule has 0 saturated carbocycles. The lowest BCUT2D eigenvalue weighted by atomic mass is 9.80. The molecule has 2 N–H and O–H groups in total. The van der Waals surface area contributed by atoms with Crippen LogP contribution in [-0.2, 0) is 0 Å². The zero-order valence-electron chi connectivity index (χ0n) is 13.6. The van der Waals surface area contributed by atoms with Crippen LogP contribution in [0.4, 0.5) is 0 Å². The average molecular weight is 293 g/mol. The highest BCUT2D eigenvalue weighted by molar-refractivity contribution is 5.96. The van der Waals surface area contributed by atoms with Gasteiger partial charge in [0.25, 0.3) is 5.91 Å². The van der Waals surface area contributed by atoms with Gasteiger partial charge in [0.05, 0.1) is 18.3 Å². The molecule has 0 radical (unpaired) electrons. The Morgan fingerprint density at radius 3 is 2.52 bits per heavy atom. The second-order valence-corrected chi connectivity index (χ2v) is 6.29. The summed E-state index contributed by atoms with van der Waals surface area (Å²) in [6, 6.07) is 7.18. The minimum absolute atomic E-state index is 0.146. The Morgan fingerprint density at radius 1 is 1.33 bits per heavy atom. The van der Waals surface area contributed by atoms with Crippen molar-refractivity contribution < 1.29 is 14.6 Å². The highest BCUT2D eigenvalue weighted by Crippen LogP contribution is 2.25. The van der Waals surface area contributed by atoms with Crippen LogP contribution in [0.1, 0.15) is 45.0 Å². The molecular formula is C17H27NO3. The topological polar surface area (TPSA) is 58.6 Å². The molecule has 0 bridgehead atoms. The number of aliphatic hydroxyl groups excluding tert-OH is 1. The molecule has 4 nitrogen and oxygen atoms in total. The Hall–Kier alpha value is -1.55. The lowest BCUT2D eigenvalue weighted by Crippen LogP contribution is -2.43. The van der Waals surface area contributed by atoms with E-state index in [2.05, 4.69) is 5.32 Å². The Morgan fingerprint density at radius 2 is 1.95 bits per heavy atom. The van der Waals surface area contributed by atoms with Crippen LogP contribution in [0, 0.1) is 11.3 Å². The van der Waals surface area contributed by atoms with E-state index in [9.17, 15) is 9.90 Å². The molecule has 1 amide bonds. The second kappa shape index (κ2) is 7.46. The number of carbonyl (C=O) groups excluding carboxylic acids is 1. The molecule has 0 spiro atoms. The predicted octanol–water partition coefficient (Wildman–Crippen LogP) is 2.86. The quantitative estimate of drug-likeness (QED) is 0.812. The van der Waals surface area contributed by atoms with E-state index in [1.807, 2.05) is 46.8 Å². The predicted molar refractivity (Wildman–Crippen MR) is 84.6 cm³/mol. The number of benzene rings is 1. The van der Waals surface area contributed by atoms with Crippen LogP contribution in [0.2, 0.25) is 0 Å². The fourth-order valence-corrected chi connectivity index (χ4v) is 2.35. The summed E-state index contributed by atoms with van der Waals surface area (Å²) in [5, 5.41) is 13.1. The van der Waals surface area contributed by atoms with Crippen molar-refractivity contribution in [3.05, 3.63) is 29.8 Å². The maximum atomic E-state index is 12.3. The van der Waals surface area contributed by atoms with E-state index in [0.29, 0.717) is 24.5 Å². The smallest absolute Gasteiger partial charge is 0.255 e. The molecule has 0 aliphatic heterocycles. The van der Waals surface area contributed by atoms with Gasteiger partial charge in [-0.15, -0.1) is 0 Å². The number of aliphatic hydroxyl groups is 1. The second-order valence-electron chi connectivity index (χ2n) is 6.29. The van der Waals surface area contributed by atoms with Crippen LogP contribution in [0.5, 0.6) is 5.75 Å².